The van der Waals surface area contributed by atoms with E-state index in [1.54, 1.807) is 0 Å². The molecule has 0 saturated heterocycles. The van der Waals surface area contributed by atoms with E-state index in [0.717, 1.165) is 35.2 Å². The van der Waals surface area contributed by atoms with E-state index in [0.29, 0.717) is 0 Å². The molecular weight excluding hydrogens is 411 g/mol. The number of hydrogen-bond acceptors (Lipinski definition) is 3. The van der Waals surface area contributed by atoms with Crippen LogP contribution in [0.5, 0.6) is 0 Å². The van der Waals surface area contributed by atoms with Gasteiger partial charge in [-0.25, -0.2) is 31.8 Å². The summed E-state index contributed by atoms with van der Waals surface area (Å²) in [5.74, 6) is -3.51. The molecule has 6 nitrogen and oxygen atoms in total. The number of amides is 2. The molecule has 2 N–H and O–H groups in total. The van der Waals surface area contributed by atoms with Crippen LogP contribution < -0.4 is 10.9 Å². The highest BCUT2D eigenvalue weighted by Gasteiger charge is 2.23. The maximum absolute atomic E-state index is 13.7. The number of hydrogen-bond donors (Lipinski definition) is 2. The van der Waals surface area contributed by atoms with Crippen LogP contribution in [0.2, 0.25) is 0 Å². The lowest BCUT2D eigenvalue weighted by Crippen LogP contribution is -2.34. The average Bonchev–Trinajstić information content (AvgIpc) is 2.70. The Bertz CT molecular complexity index is 1180. The summed E-state index contributed by atoms with van der Waals surface area (Å²) in [5, 5.41) is 8.20. The van der Waals surface area contributed by atoms with E-state index < -0.39 is 47.1 Å². The molecule has 2 amide bonds. The van der Waals surface area contributed by atoms with E-state index in [2.05, 4.69) is 15.5 Å². The van der Waals surface area contributed by atoms with E-state index in [4.69, 9.17) is 0 Å². The first kappa shape index (κ1) is 21.2. The Balaban J connectivity index is 1.90. The molecular formula is C19H15F5N4O2. The van der Waals surface area contributed by atoms with Crippen molar-refractivity contribution in [2.24, 2.45) is 0 Å². The Labute approximate surface area is 166 Å². The standard InChI is InChI=1S/C19H15F5N4O2/c1-8(16-10-6-14(21)15(22)7-11(10)18(29)27-26-16)28(2)19(30)25-9-3-4-13(20)12(5-9)17(23)24/h3-8,17H,1-2H3,(H,25,30)(H,27,29)/t8-/m1/s1. The summed E-state index contributed by atoms with van der Waals surface area (Å²) < 4.78 is 66.3. The highest BCUT2D eigenvalue weighted by molar-refractivity contribution is 5.90. The zero-order valence-corrected chi connectivity index (χ0v) is 15.6. The van der Waals surface area contributed by atoms with Crippen LogP contribution in [0.15, 0.2) is 35.1 Å². The molecule has 158 valence electrons. The Morgan fingerprint density at radius 1 is 1.07 bits per heavy atom. The van der Waals surface area contributed by atoms with Crippen molar-refractivity contribution in [1.29, 1.82) is 0 Å². The first-order valence-corrected chi connectivity index (χ1v) is 8.59. The lowest BCUT2D eigenvalue weighted by atomic mass is 10.1. The van der Waals surface area contributed by atoms with Gasteiger partial charge in [0.25, 0.3) is 12.0 Å². The monoisotopic (exact) mass is 426 g/mol. The Morgan fingerprint density at radius 2 is 1.70 bits per heavy atom. The van der Waals surface area contributed by atoms with Crippen LogP contribution in [-0.4, -0.2) is 28.2 Å². The van der Waals surface area contributed by atoms with Gasteiger partial charge < -0.3 is 10.2 Å². The number of halogens is 5. The van der Waals surface area contributed by atoms with Gasteiger partial charge in [-0.3, -0.25) is 4.79 Å². The van der Waals surface area contributed by atoms with E-state index >= 15 is 0 Å². The van der Waals surface area contributed by atoms with Crippen LogP contribution in [0.3, 0.4) is 0 Å². The molecule has 0 unspecified atom stereocenters. The van der Waals surface area contributed by atoms with E-state index in [1.807, 2.05) is 0 Å². The molecule has 0 aliphatic heterocycles. The number of rotatable bonds is 4. The number of anilines is 1. The molecule has 0 bridgehead atoms. The molecule has 11 heteroatoms. The van der Waals surface area contributed by atoms with Gasteiger partial charge in [0.1, 0.15) is 5.82 Å². The van der Waals surface area contributed by atoms with E-state index in [1.165, 1.54) is 14.0 Å². The first-order chi connectivity index (χ1) is 14.1. The van der Waals surface area contributed by atoms with Gasteiger partial charge in [0.15, 0.2) is 11.6 Å². The first-order valence-electron chi connectivity index (χ1n) is 8.59. The van der Waals surface area contributed by atoms with Crippen molar-refractivity contribution in [3.63, 3.8) is 0 Å². The van der Waals surface area contributed by atoms with Crippen LogP contribution in [-0.2, 0) is 0 Å². The lowest BCUT2D eigenvalue weighted by Gasteiger charge is -2.25. The van der Waals surface area contributed by atoms with E-state index in [-0.39, 0.29) is 22.2 Å². The zero-order valence-electron chi connectivity index (χ0n) is 15.6. The third-order valence-corrected chi connectivity index (χ3v) is 4.64. The Kier molecular flexibility index (Phi) is 5.72. The van der Waals surface area contributed by atoms with E-state index in [9.17, 15) is 31.5 Å². The minimum absolute atomic E-state index is 0.00608. The van der Waals surface area contributed by atoms with Gasteiger partial charge in [-0.1, -0.05) is 0 Å². The summed E-state index contributed by atoms with van der Waals surface area (Å²) in [4.78, 5) is 25.5. The Morgan fingerprint density at radius 3 is 2.33 bits per heavy atom. The van der Waals surface area contributed by atoms with Gasteiger partial charge in [0.05, 0.1) is 22.7 Å². The van der Waals surface area contributed by atoms with Crippen LogP contribution >= 0.6 is 0 Å². The van der Waals surface area contributed by atoms with Gasteiger partial charge >= 0.3 is 6.03 Å². The smallest absolute Gasteiger partial charge is 0.319 e. The molecule has 0 radical (unpaired) electrons. The molecule has 0 aliphatic rings. The number of alkyl halides is 2. The van der Waals surface area contributed by atoms with Gasteiger partial charge in [-0.2, -0.15) is 5.10 Å². The quantitative estimate of drug-likeness (QED) is 0.603. The highest BCUT2D eigenvalue weighted by atomic mass is 19.3. The topological polar surface area (TPSA) is 78.1 Å². The molecule has 2 aromatic carbocycles. The van der Waals surface area contributed by atoms with Gasteiger partial charge in [-0.15, -0.1) is 0 Å². The zero-order chi connectivity index (χ0) is 22.2. The molecule has 0 saturated carbocycles. The van der Waals surface area contributed by atoms with Crippen LogP contribution in [0.25, 0.3) is 10.8 Å². The number of nitrogens with one attached hydrogen (secondary N) is 2. The number of fused-ring (bicyclic) bond motifs is 1. The molecule has 0 aliphatic carbocycles. The summed E-state index contributed by atoms with van der Waals surface area (Å²) in [7, 11) is 1.34. The summed E-state index contributed by atoms with van der Waals surface area (Å²) in [6.07, 6.45) is -3.06. The second-order valence-corrected chi connectivity index (χ2v) is 6.50. The predicted molar refractivity (Wildman–Crippen MR) is 98.8 cm³/mol. The van der Waals surface area contributed by atoms with Gasteiger partial charge in [0.2, 0.25) is 0 Å². The number of H-pyrrole nitrogens is 1. The normalized spacial score (nSPS) is 12.3. The molecule has 0 fully saturated rings. The number of benzene rings is 2. The fourth-order valence-corrected chi connectivity index (χ4v) is 2.86. The van der Waals surface area contributed by atoms with Crippen molar-refractivity contribution < 1.29 is 26.7 Å². The fourth-order valence-electron chi connectivity index (χ4n) is 2.86. The minimum Gasteiger partial charge on any atom is -0.319 e. The van der Waals surface area contributed by atoms with Crippen molar-refractivity contribution >= 4 is 22.5 Å². The van der Waals surface area contributed by atoms with Crippen LogP contribution in [0, 0.1) is 17.5 Å². The molecule has 1 atom stereocenters. The number of carbonyl (C=O) groups excluding carboxylic acids is 1. The number of aromatic amines is 1. The van der Waals surface area contributed by atoms with Crippen molar-refractivity contribution in [3.8, 4) is 0 Å². The third kappa shape index (κ3) is 3.95. The minimum atomic E-state index is -3.06. The summed E-state index contributed by atoms with van der Waals surface area (Å²) in [6.45, 7) is 1.51. The molecule has 1 heterocycles. The molecule has 3 rings (SSSR count). The highest BCUT2D eigenvalue weighted by Crippen LogP contribution is 2.27. The fraction of sp³-hybridized carbons (Fsp3) is 0.211. The third-order valence-electron chi connectivity index (χ3n) is 4.64. The van der Waals surface area contributed by atoms with Crippen LogP contribution in [0.1, 0.15) is 30.6 Å². The Hall–Kier alpha value is -3.50. The molecule has 0 spiro atoms. The number of aromatic nitrogens is 2. The SMILES string of the molecule is C[C@H](c1n[nH]c(=O)c2cc(F)c(F)cc12)N(C)C(=O)Nc1ccc(F)c(C(F)F)c1. The van der Waals surface area contributed by atoms with Crippen LogP contribution in [0.4, 0.5) is 32.4 Å². The number of carbonyl (C=O) groups is 1. The van der Waals surface area contributed by atoms with Crippen molar-refractivity contribution in [2.45, 2.75) is 19.4 Å². The van der Waals surface area contributed by atoms with Gasteiger partial charge in [0, 0.05) is 18.1 Å². The second kappa shape index (κ2) is 8.09. The maximum atomic E-state index is 13.7. The predicted octanol–water partition coefficient (Wildman–Crippen LogP) is 4.50. The second-order valence-electron chi connectivity index (χ2n) is 6.50. The molecule has 3 aromatic rings. The van der Waals surface area contributed by atoms with Crippen molar-refractivity contribution in [2.75, 3.05) is 12.4 Å². The van der Waals surface area contributed by atoms with Gasteiger partial charge in [-0.05, 0) is 37.3 Å². The number of nitrogens with zero attached hydrogens (tertiary/aromatic N) is 2. The van der Waals surface area contributed by atoms with Crippen molar-refractivity contribution in [1.82, 2.24) is 15.1 Å². The number of urea groups is 1. The summed E-state index contributed by atoms with van der Waals surface area (Å²) >= 11 is 0. The summed E-state index contributed by atoms with van der Waals surface area (Å²) in [5.41, 5.74) is -1.59. The molecule has 30 heavy (non-hydrogen) atoms. The lowest BCUT2D eigenvalue weighted by molar-refractivity contribution is 0.146. The largest absolute Gasteiger partial charge is 0.322 e. The summed E-state index contributed by atoms with van der Waals surface area (Å²) in [6, 6.07) is 2.65. The molecule has 1 aromatic heterocycles. The van der Waals surface area contributed by atoms with Crippen molar-refractivity contribution in [3.05, 3.63) is 69.4 Å². The average molecular weight is 426 g/mol. The maximum Gasteiger partial charge on any atom is 0.322 e.